The predicted octanol–water partition coefficient (Wildman–Crippen LogP) is 6.02. The van der Waals surface area contributed by atoms with Crippen molar-refractivity contribution >= 4 is 22.4 Å². The fourth-order valence-electron chi connectivity index (χ4n) is 4.95. The van der Waals surface area contributed by atoms with Crippen molar-refractivity contribution < 1.29 is 13.5 Å². The fraction of sp³-hybridized carbons (Fsp3) is 0.345. The molecule has 1 saturated heterocycles. The van der Waals surface area contributed by atoms with Crippen molar-refractivity contribution in [2.45, 2.75) is 38.2 Å². The quantitative estimate of drug-likeness (QED) is 0.264. The van der Waals surface area contributed by atoms with E-state index in [1.165, 1.54) is 0 Å². The van der Waals surface area contributed by atoms with Gasteiger partial charge < -0.3 is 20.7 Å². The first kappa shape index (κ1) is 24.5. The van der Waals surface area contributed by atoms with Gasteiger partial charge >= 0.3 is 0 Å². The summed E-state index contributed by atoms with van der Waals surface area (Å²) in [4.78, 5) is 13.7. The van der Waals surface area contributed by atoms with Crippen LogP contribution in [0.25, 0.3) is 22.0 Å². The van der Waals surface area contributed by atoms with Crippen LogP contribution in [0.4, 0.5) is 20.4 Å². The molecule has 2 aromatic heterocycles. The van der Waals surface area contributed by atoms with Crippen LogP contribution in [-0.4, -0.2) is 46.6 Å². The van der Waals surface area contributed by atoms with E-state index in [1.54, 1.807) is 12.4 Å². The Morgan fingerprint density at radius 3 is 2.76 bits per heavy atom. The van der Waals surface area contributed by atoms with E-state index in [2.05, 4.69) is 25.9 Å². The summed E-state index contributed by atoms with van der Waals surface area (Å²) in [7, 11) is 0. The number of hydrogen-bond donors (Lipinski definition) is 3. The van der Waals surface area contributed by atoms with Gasteiger partial charge in [-0.15, -0.1) is 0 Å². The van der Waals surface area contributed by atoms with Crippen molar-refractivity contribution in [1.29, 1.82) is 0 Å². The van der Waals surface area contributed by atoms with Gasteiger partial charge in [-0.3, -0.25) is 0 Å². The third-order valence-corrected chi connectivity index (χ3v) is 7.24. The molecule has 2 aliphatic rings. The van der Waals surface area contributed by atoms with Gasteiger partial charge in [-0.05, 0) is 56.1 Å². The molecule has 4 aromatic rings. The monoisotopic (exact) mass is 516 g/mol. The minimum absolute atomic E-state index is 0.0570. The second-order valence-corrected chi connectivity index (χ2v) is 10.1. The highest BCUT2D eigenvalue weighted by atomic mass is 19.3. The van der Waals surface area contributed by atoms with Crippen molar-refractivity contribution in [3.05, 3.63) is 66.5 Å². The maximum atomic E-state index is 13.4. The molecule has 9 heteroatoms. The number of piperidine rings is 1. The zero-order chi connectivity index (χ0) is 26.1. The summed E-state index contributed by atoms with van der Waals surface area (Å²) in [5, 5.41) is 11.8. The number of hydrogen-bond acceptors (Lipinski definition) is 7. The highest BCUT2D eigenvalue weighted by Gasteiger charge is 2.56. The largest absolute Gasteiger partial charge is 0.437 e. The summed E-state index contributed by atoms with van der Waals surface area (Å²) in [5.74, 6) is -1.49. The van der Waals surface area contributed by atoms with Crippen molar-refractivity contribution in [2.75, 3.05) is 30.3 Å². The van der Waals surface area contributed by atoms with E-state index in [1.807, 2.05) is 55.5 Å². The smallest absolute Gasteiger partial charge is 0.253 e. The molecule has 2 atom stereocenters. The molecule has 3 heterocycles. The normalized spacial score (nSPS) is 20.2. The van der Waals surface area contributed by atoms with E-state index in [9.17, 15) is 8.78 Å². The number of anilines is 2. The molecule has 2 fully saturated rings. The number of nitrogens with zero attached hydrogens (tertiary/aromatic N) is 3. The Labute approximate surface area is 220 Å². The second-order valence-electron chi connectivity index (χ2n) is 10.1. The molecule has 0 amide bonds. The van der Waals surface area contributed by atoms with Crippen molar-refractivity contribution in [2.24, 2.45) is 5.92 Å². The average molecular weight is 517 g/mol. The summed E-state index contributed by atoms with van der Waals surface area (Å²) >= 11 is 0. The molecule has 1 aliphatic carbocycles. The lowest BCUT2D eigenvalue weighted by Gasteiger charge is -2.23. The van der Waals surface area contributed by atoms with Gasteiger partial charge in [0.15, 0.2) is 0 Å². The summed E-state index contributed by atoms with van der Waals surface area (Å²) in [6.07, 6.45) is 5.56. The standard InChI is InChI=1S/C29H30F2N6O/c1-18-9-10-21-22(6-2-8-24(21)35-16-19-15-29(19,30)31)26(18)38-27-23(7-4-13-33-27)25-11-14-34-28(37-25)36-20-5-3-12-32-17-20/h2,4,6-11,13-14,19-20,32,35H,3,5,12,15-17H2,1H3,(H,34,36,37)/t19?,20-/m0/s1. The molecule has 7 nitrogen and oxygen atoms in total. The third kappa shape index (κ3) is 5.11. The summed E-state index contributed by atoms with van der Waals surface area (Å²) < 4.78 is 33.3. The van der Waals surface area contributed by atoms with E-state index in [-0.39, 0.29) is 19.0 Å². The van der Waals surface area contributed by atoms with Crippen molar-refractivity contribution in [3.8, 4) is 22.9 Å². The Morgan fingerprint density at radius 2 is 1.95 bits per heavy atom. The lowest BCUT2D eigenvalue weighted by molar-refractivity contribution is 0.101. The highest BCUT2D eigenvalue weighted by Crippen LogP contribution is 2.48. The van der Waals surface area contributed by atoms with E-state index in [0.29, 0.717) is 23.3 Å². The SMILES string of the molecule is Cc1ccc2c(NCC3CC3(F)F)cccc2c1Oc1ncccc1-c1ccnc(N[C@H]2CCCNC2)n1. The molecular weight excluding hydrogens is 486 g/mol. The van der Waals surface area contributed by atoms with Gasteiger partial charge in [0, 0.05) is 60.3 Å². The molecule has 1 aliphatic heterocycles. The number of benzene rings is 2. The van der Waals surface area contributed by atoms with Crippen LogP contribution < -0.4 is 20.7 Å². The van der Waals surface area contributed by atoms with Crippen molar-refractivity contribution in [1.82, 2.24) is 20.3 Å². The number of fused-ring (bicyclic) bond motifs is 1. The maximum Gasteiger partial charge on any atom is 0.253 e. The zero-order valence-electron chi connectivity index (χ0n) is 21.2. The molecule has 0 radical (unpaired) electrons. The number of nitrogens with one attached hydrogen (secondary N) is 3. The molecule has 2 aromatic carbocycles. The molecule has 0 bridgehead atoms. The Bertz CT molecular complexity index is 1460. The summed E-state index contributed by atoms with van der Waals surface area (Å²) in [6.45, 7) is 4.14. The van der Waals surface area contributed by atoms with Crippen LogP contribution in [0.15, 0.2) is 60.9 Å². The highest BCUT2D eigenvalue weighted by molar-refractivity contribution is 5.98. The van der Waals surface area contributed by atoms with Gasteiger partial charge in [-0.2, -0.15) is 0 Å². The van der Waals surface area contributed by atoms with E-state index < -0.39 is 11.8 Å². The van der Waals surface area contributed by atoms with Gasteiger partial charge in [0.1, 0.15) is 5.75 Å². The predicted molar refractivity (Wildman–Crippen MR) is 145 cm³/mol. The topological polar surface area (TPSA) is 84.0 Å². The van der Waals surface area contributed by atoms with Gasteiger partial charge in [0.25, 0.3) is 5.92 Å². The lowest BCUT2D eigenvalue weighted by atomic mass is 10.0. The minimum atomic E-state index is -2.55. The maximum absolute atomic E-state index is 13.4. The van der Waals surface area contributed by atoms with Crippen LogP contribution in [0.1, 0.15) is 24.8 Å². The van der Waals surface area contributed by atoms with Crippen LogP contribution >= 0.6 is 0 Å². The molecule has 6 rings (SSSR count). The van der Waals surface area contributed by atoms with E-state index in [4.69, 9.17) is 9.72 Å². The third-order valence-electron chi connectivity index (χ3n) is 7.24. The number of ether oxygens (including phenoxy) is 1. The van der Waals surface area contributed by atoms with Crippen LogP contribution in [-0.2, 0) is 0 Å². The lowest BCUT2D eigenvalue weighted by Crippen LogP contribution is -2.38. The summed E-state index contributed by atoms with van der Waals surface area (Å²) in [6, 6.07) is 15.7. The van der Waals surface area contributed by atoms with Crippen LogP contribution in [0.5, 0.6) is 11.6 Å². The van der Waals surface area contributed by atoms with Gasteiger partial charge in [0.2, 0.25) is 11.8 Å². The number of pyridine rings is 1. The molecule has 3 N–H and O–H groups in total. The molecular formula is C29H30F2N6O. The first-order valence-corrected chi connectivity index (χ1v) is 13.1. The minimum Gasteiger partial charge on any atom is -0.437 e. The first-order chi connectivity index (χ1) is 18.5. The Kier molecular flexibility index (Phi) is 6.53. The van der Waals surface area contributed by atoms with Gasteiger partial charge in [0.05, 0.1) is 11.3 Å². The number of alkyl halides is 2. The number of aromatic nitrogens is 3. The number of halogens is 2. The number of aryl methyl sites for hydroxylation is 1. The molecule has 196 valence electrons. The molecule has 1 unspecified atom stereocenters. The molecule has 1 saturated carbocycles. The van der Waals surface area contributed by atoms with Gasteiger partial charge in [-0.25, -0.2) is 23.7 Å². The zero-order valence-corrected chi connectivity index (χ0v) is 21.2. The second kappa shape index (κ2) is 10.1. The van der Waals surface area contributed by atoms with E-state index >= 15 is 0 Å². The average Bonchev–Trinajstić information content (AvgIpc) is 3.56. The van der Waals surface area contributed by atoms with Crippen LogP contribution in [0.2, 0.25) is 0 Å². The van der Waals surface area contributed by atoms with Crippen LogP contribution in [0.3, 0.4) is 0 Å². The van der Waals surface area contributed by atoms with Crippen LogP contribution in [0, 0.1) is 12.8 Å². The molecule has 0 spiro atoms. The van der Waals surface area contributed by atoms with Gasteiger partial charge in [-0.1, -0.05) is 24.3 Å². The summed E-state index contributed by atoms with van der Waals surface area (Å²) in [5.41, 5.74) is 3.20. The fourth-order valence-corrected chi connectivity index (χ4v) is 4.95. The Hall–Kier alpha value is -3.85. The Morgan fingerprint density at radius 1 is 1.05 bits per heavy atom. The first-order valence-electron chi connectivity index (χ1n) is 13.1. The molecule has 38 heavy (non-hydrogen) atoms. The van der Waals surface area contributed by atoms with Crippen molar-refractivity contribution in [3.63, 3.8) is 0 Å². The van der Waals surface area contributed by atoms with E-state index in [0.717, 1.165) is 53.5 Å². The number of rotatable bonds is 8. The Balaban J connectivity index is 1.29.